The van der Waals surface area contributed by atoms with Crippen LogP contribution >= 0.6 is 0 Å². The third kappa shape index (κ3) is 3.18. The lowest BCUT2D eigenvalue weighted by Gasteiger charge is -2.27. The zero-order valence-electron chi connectivity index (χ0n) is 13.1. The molecule has 1 saturated heterocycles. The SMILES string of the molecule is CC(CCN(C)c1ccnc2ccccc12)N1CCCC1. The molecule has 0 aliphatic carbocycles. The van der Waals surface area contributed by atoms with E-state index in [4.69, 9.17) is 0 Å². The summed E-state index contributed by atoms with van der Waals surface area (Å²) in [7, 11) is 2.19. The van der Waals surface area contributed by atoms with Crippen LogP contribution in [0.1, 0.15) is 26.2 Å². The number of para-hydroxylation sites is 1. The topological polar surface area (TPSA) is 19.4 Å². The molecule has 1 fully saturated rings. The van der Waals surface area contributed by atoms with E-state index in [0.717, 1.165) is 12.1 Å². The van der Waals surface area contributed by atoms with Crippen molar-refractivity contribution in [2.75, 3.05) is 31.6 Å². The predicted octanol–water partition coefficient (Wildman–Crippen LogP) is 3.55. The van der Waals surface area contributed by atoms with E-state index < -0.39 is 0 Å². The molecule has 112 valence electrons. The molecule has 3 rings (SSSR count). The lowest BCUT2D eigenvalue weighted by Crippen LogP contribution is -2.33. The van der Waals surface area contributed by atoms with Gasteiger partial charge in [0.25, 0.3) is 0 Å². The highest BCUT2D eigenvalue weighted by Gasteiger charge is 2.18. The van der Waals surface area contributed by atoms with Gasteiger partial charge in [-0.25, -0.2) is 0 Å². The molecule has 1 aliphatic rings. The Morgan fingerprint density at radius 2 is 1.95 bits per heavy atom. The Labute approximate surface area is 127 Å². The monoisotopic (exact) mass is 283 g/mol. The van der Waals surface area contributed by atoms with Crippen LogP contribution in [0.5, 0.6) is 0 Å². The summed E-state index contributed by atoms with van der Waals surface area (Å²) in [6.07, 6.45) is 5.87. The predicted molar refractivity (Wildman–Crippen MR) is 89.9 cm³/mol. The average molecular weight is 283 g/mol. The highest BCUT2D eigenvalue weighted by atomic mass is 15.2. The number of nitrogens with zero attached hydrogens (tertiary/aromatic N) is 3. The van der Waals surface area contributed by atoms with E-state index in [1.165, 1.54) is 43.4 Å². The van der Waals surface area contributed by atoms with Crippen molar-refractivity contribution in [3.63, 3.8) is 0 Å². The van der Waals surface area contributed by atoms with E-state index in [1.54, 1.807) is 0 Å². The molecule has 0 amide bonds. The number of fused-ring (bicyclic) bond motifs is 1. The Morgan fingerprint density at radius 3 is 2.76 bits per heavy atom. The Kier molecular flexibility index (Phi) is 4.39. The number of likely N-dealkylation sites (tertiary alicyclic amines) is 1. The molecule has 0 N–H and O–H groups in total. The molecule has 21 heavy (non-hydrogen) atoms. The summed E-state index contributed by atoms with van der Waals surface area (Å²) in [6, 6.07) is 11.2. The summed E-state index contributed by atoms with van der Waals surface area (Å²) in [4.78, 5) is 9.44. The minimum atomic E-state index is 0.683. The first-order valence-corrected chi connectivity index (χ1v) is 8.04. The highest BCUT2D eigenvalue weighted by Crippen LogP contribution is 2.24. The molecule has 3 heteroatoms. The first kappa shape index (κ1) is 14.3. The number of benzene rings is 1. The summed E-state index contributed by atoms with van der Waals surface area (Å²) < 4.78 is 0. The van der Waals surface area contributed by atoms with Gasteiger partial charge in [0, 0.05) is 36.9 Å². The van der Waals surface area contributed by atoms with Gasteiger partial charge in [0.15, 0.2) is 0 Å². The van der Waals surface area contributed by atoms with Crippen molar-refractivity contribution in [2.24, 2.45) is 0 Å². The van der Waals surface area contributed by atoms with Crippen molar-refractivity contribution in [1.29, 1.82) is 0 Å². The average Bonchev–Trinajstić information content (AvgIpc) is 3.06. The Morgan fingerprint density at radius 1 is 1.19 bits per heavy atom. The number of aromatic nitrogens is 1. The zero-order valence-corrected chi connectivity index (χ0v) is 13.1. The van der Waals surface area contributed by atoms with E-state index in [1.807, 2.05) is 6.20 Å². The third-order valence-electron chi connectivity index (χ3n) is 4.68. The number of pyridine rings is 1. The highest BCUT2D eigenvalue weighted by molar-refractivity contribution is 5.91. The van der Waals surface area contributed by atoms with E-state index in [0.29, 0.717) is 6.04 Å². The summed E-state index contributed by atoms with van der Waals surface area (Å²) >= 11 is 0. The summed E-state index contributed by atoms with van der Waals surface area (Å²) in [5.74, 6) is 0. The van der Waals surface area contributed by atoms with Crippen molar-refractivity contribution in [1.82, 2.24) is 9.88 Å². The van der Waals surface area contributed by atoms with Gasteiger partial charge in [-0.3, -0.25) is 4.98 Å². The van der Waals surface area contributed by atoms with Gasteiger partial charge in [0.1, 0.15) is 0 Å². The Balaban J connectivity index is 1.67. The molecular weight excluding hydrogens is 258 g/mol. The van der Waals surface area contributed by atoms with Gasteiger partial charge >= 0.3 is 0 Å². The lowest BCUT2D eigenvalue weighted by molar-refractivity contribution is 0.249. The molecule has 0 saturated carbocycles. The number of hydrogen-bond acceptors (Lipinski definition) is 3. The van der Waals surface area contributed by atoms with E-state index in [9.17, 15) is 0 Å². The Bertz CT molecular complexity index is 585. The van der Waals surface area contributed by atoms with Crippen LogP contribution in [-0.4, -0.2) is 42.6 Å². The van der Waals surface area contributed by atoms with Gasteiger partial charge in [-0.05, 0) is 51.4 Å². The largest absolute Gasteiger partial charge is 0.374 e. The fourth-order valence-electron chi connectivity index (χ4n) is 3.28. The molecule has 1 unspecified atom stereocenters. The molecule has 0 spiro atoms. The van der Waals surface area contributed by atoms with Crippen LogP contribution in [0.15, 0.2) is 36.5 Å². The first-order chi connectivity index (χ1) is 10.3. The van der Waals surface area contributed by atoms with Gasteiger partial charge in [-0.2, -0.15) is 0 Å². The second-order valence-corrected chi connectivity index (χ2v) is 6.15. The molecule has 1 aromatic heterocycles. The second-order valence-electron chi connectivity index (χ2n) is 6.15. The molecule has 1 atom stereocenters. The van der Waals surface area contributed by atoms with Gasteiger partial charge in [-0.1, -0.05) is 18.2 Å². The van der Waals surface area contributed by atoms with Crippen molar-refractivity contribution in [2.45, 2.75) is 32.2 Å². The number of hydrogen-bond donors (Lipinski definition) is 0. The van der Waals surface area contributed by atoms with Gasteiger partial charge in [-0.15, -0.1) is 0 Å². The summed E-state index contributed by atoms with van der Waals surface area (Å²) in [5.41, 5.74) is 2.36. The van der Waals surface area contributed by atoms with Gasteiger partial charge < -0.3 is 9.80 Å². The van der Waals surface area contributed by atoms with E-state index in [2.05, 4.69) is 59.1 Å². The molecule has 0 radical (unpaired) electrons. The molecule has 2 heterocycles. The van der Waals surface area contributed by atoms with Crippen molar-refractivity contribution in [3.8, 4) is 0 Å². The quantitative estimate of drug-likeness (QED) is 0.836. The van der Waals surface area contributed by atoms with Gasteiger partial charge in [0.05, 0.1) is 5.52 Å². The first-order valence-electron chi connectivity index (χ1n) is 8.04. The maximum Gasteiger partial charge on any atom is 0.0722 e. The standard InChI is InChI=1S/C18H25N3/c1-15(21-12-5-6-13-21)10-14-20(2)18-9-11-19-17-8-4-3-7-16(17)18/h3-4,7-9,11,15H,5-6,10,12-14H2,1-2H3. The van der Waals surface area contributed by atoms with Crippen LogP contribution in [0.4, 0.5) is 5.69 Å². The summed E-state index contributed by atoms with van der Waals surface area (Å²) in [5, 5.41) is 1.25. The minimum absolute atomic E-state index is 0.683. The van der Waals surface area contributed by atoms with Crippen LogP contribution < -0.4 is 4.90 Å². The molecular formula is C18H25N3. The number of rotatable bonds is 5. The normalized spacial score (nSPS) is 17.2. The minimum Gasteiger partial charge on any atom is -0.374 e. The number of anilines is 1. The fraction of sp³-hybridized carbons (Fsp3) is 0.500. The second kappa shape index (κ2) is 6.44. The summed E-state index contributed by atoms with van der Waals surface area (Å²) in [6.45, 7) is 6.02. The van der Waals surface area contributed by atoms with Crippen LogP contribution in [0, 0.1) is 0 Å². The molecule has 3 nitrogen and oxygen atoms in total. The molecule has 1 aromatic carbocycles. The third-order valence-corrected chi connectivity index (χ3v) is 4.68. The lowest BCUT2D eigenvalue weighted by atomic mass is 10.1. The van der Waals surface area contributed by atoms with Gasteiger partial charge in [0.2, 0.25) is 0 Å². The fourth-order valence-corrected chi connectivity index (χ4v) is 3.28. The van der Waals surface area contributed by atoms with E-state index in [-0.39, 0.29) is 0 Å². The van der Waals surface area contributed by atoms with Crippen LogP contribution in [0.25, 0.3) is 10.9 Å². The zero-order chi connectivity index (χ0) is 14.7. The maximum atomic E-state index is 4.45. The van der Waals surface area contributed by atoms with Crippen LogP contribution in [0.2, 0.25) is 0 Å². The molecule has 2 aromatic rings. The van der Waals surface area contributed by atoms with Crippen LogP contribution in [-0.2, 0) is 0 Å². The van der Waals surface area contributed by atoms with Crippen molar-refractivity contribution < 1.29 is 0 Å². The van der Waals surface area contributed by atoms with Crippen molar-refractivity contribution >= 4 is 16.6 Å². The van der Waals surface area contributed by atoms with Crippen LogP contribution in [0.3, 0.4) is 0 Å². The molecule has 1 aliphatic heterocycles. The van der Waals surface area contributed by atoms with Crippen molar-refractivity contribution in [3.05, 3.63) is 36.5 Å². The Hall–Kier alpha value is -1.61. The molecule has 0 bridgehead atoms. The van der Waals surface area contributed by atoms with E-state index >= 15 is 0 Å². The smallest absolute Gasteiger partial charge is 0.0722 e. The maximum absolute atomic E-state index is 4.45.